The first-order valence-corrected chi connectivity index (χ1v) is 8.31. The molecule has 1 aromatic heterocycles. The molecule has 0 bridgehead atoms. The highest BCUT2D eigenvalue weighted by Gasteiger charge is 2.16. The number of esters is 1. The van der Waals surface area contributed by atoms with Crippen molar-refractivity contribution in [3.05, 3.63) is 64.2 Å². The third-order valence-electron chi connectivity index (χ3n) is 3.19. The van der Waals surface area contributed by atoms with Gasteiger partial charge in [0, 0.05) is 11.6 Å². The zero-order valence-electron chi connectivity index (χ0n) is 13.7. The summed E-state index contributed by atoms with van der Waals surface area (Å²) in [4.78, 5) is 35.7. The topological polar surface area (TPSA) is 95.5 Å². The molecule has 0 saturated carbocycles. The molecule has 0 saturated heterocycles. The van der Waals surface area contributed by atoms with Gasteiger partial charge in [0.1, 0.15) is 4.88 Å². The lowest BCUT2D eigenvalue weighted by Gasteiger charge is -2.10. The van der Waals surface area contributed by atoms with Crippen molar-refractivity contribution in [1.29, 1.82) is 0 Å². The number of aryl methyl sites for hydroxylation is 1. The molecular weight excluding hydrogens is 342 g/mol. The number of ketones is 1. The van der Waals surface area contributed by atoms with Gasteiger partial charge in [0.25, 0.3) is 0 Å². The minimum atomic E-state index is -1.52. The lowest BCUT2D eigenvalue weighted by Crippen LogP contribution is -2.28. The van der Waals surface area contributed by atoms with Crippen LogP contribution >= 0.6 is 11.3 Å². The average Bonchev–Trinajstić information content (AvgIpc) is 2.95. The number of carbonyl (C=O) groups is 3. The molecule has 0 fully saturated rings. The van der Waals surface area contributed by atoms with Crippen LogP contribution in [0.2, 0.25) is 0 Å². The molecule has 0 amide bonds. The predicted molar refractivity (Wildman–Crippen MR) is 92.5 cm³/mol. The van der Waals surface area contributed by atoms with Crippen molar-refractivity contribution in [2.75, 3.05) is 11.9 Å². The van der Waals surface area contributed by atoms with Crippen LogP contribution in [0.5, 0.6) is 0 Å². The van der Waals surface area contributed by atoms with Crippen LogP contribution in [-0.4, -0.2) is 24.3 Å². The molecule has 6 nitrogen and oxygen atoms in total. The van der Waals surface area contributed by atoms with E-state index in [4.69, 9.17) is 4.74 Å². The Morgan fingerprint density at radius 2 is 1.92 bits per heavy atom. The molecule has 130 valence electrons. The van der Waals surface area contributed by atoms with Gasteiger partial charge in [-0.15, -0.1) is 11.3 Å². The minimum Gasteiger partial charge on any atom is -0.543 e. The van der Waals surface area contributed by atoms with Crippen LogP contribution in [0.25, 0.3) is 0 Å². The van der Waals surface area contributed by atoms with Gasteiger partial charge in [0.15, 0.2) is 5.78 Å². The smallest absolute Gasteiger partial charge is 0.348 e. The molecule has 0 radical (unpaired) electrons. The number of nitrogens with one attached hydrogen (secondary N) is 1. The van der Waals surface area contributed by atoms with Crippen molar-refractivity contribution < 1.29 is 24.2 Å². The molecular formula is C18H16NO5S-. The van der Waals surface area contributed by atoms with Crippen molar-refractivity contribution >= 4 is 34.1 Å². The zero-order chi connectivity index (χ0) is 18.4. The molecule has 0 spiro atoms. The molecule has 2 aromatic rings. The fourth-order valence-electron chi connectivity index (χ4n) is 2.04. The van der Waals surface area contributed by atoms with Gasteiger partial charge in [0.2, 0.25) is 0 Å². The van der Waals surface area contributed by atoms with Gasteiger partial charge in [-0.3, -0.25) is 4.79 Å². The Bertz CT molecular complexity index is 823. The van der Waals surface area contributed by atoms with Gasteiger partial charge < -0.3 is 20.0 Å². The quantitative estimate of drug-likeness (QED) is 0.463. The van der Waals surface area contributed by atoms with E-state index in [2.05, 4.69) is 5.32 Å². The normalized spacial score (nSPS) is 11.0. The van der Waals surface area contributed by atoms with Gasteiger partial charge in [-0.05, 0) is 25.5 Å². The second kappa shape index (κ2) is 8.25. The second-order valence-corrected chi connectivity index (χ2v) is 6.10. The fraction of sp³-hybridized carbons (Fsp3) is 0.167. The van der Waals surface area contributed by atoms with E-state index in [0.717, 1.165) is 17.4 Å². The van der Waals surface area contributed by atoms with E-state index in [-0.39, 0.29) is 12.3 Å². The molecule has 7 heteroatoms. The first-order valence-electron chi connectivity index (χ1n) is 7.49. The Balaban J connectivity index is 2.24. The van der Waals surface area contributed by atoms with Crippen LogP contribution in [-0.2, 0) is 9.53 Å². The largest absolute Gasteiger partial charge is 0.543 e. The fourth-order valence-corrected chi connectivity index (χ4v) is 3.02. The number of thiophene rings is 1. The summed E-state index contributed by atoms with van der Waals surface area (Å²) in [6, 6.07) is 9.90. The third kappa shape index (κ3) is 4.77. The van der Waals surface area contributed by atoms with Crippen molar-refractivity contribution in [2.24, 2.45) is 0 Å². The molecule has 0 unspecified atom stereocenters. The number of carbonyl (C=O) groups excluding carboxylic acids is 3. The van der Waals surface area contributed by atoms with Crippen LogP contribution in [0.3, 0.4) is 0 Å². The summed E-state index contributed by atoms with van der Waals surface area (Å²) in [5.41, 5.74) is 0.626. The first kappa shape index (κ1) is 18.4. The van der Waals surface area contributed by atoms with Crippen molar-refractivity contribution in [3.63, 3.8) is 0 Å². The highest BCUT2D eigenvalue weighted by molar-refractivity contribution is 7.18. The number of hydrogen-bond acceptors (Lipinski definition) is 7. The van der Waals surface area contributed by atoms with Gasteiger partial charge in [-0.2, -0.15) is 0 Å². The average molecular weight is 358 g/mol. The zero-order valence-corrected chi connectivity index (χ0v) is 14.5. The summed E-state index contributed by atoms with van der Waals surface area (Å²) in [6.07, 6.45) is 0.962. The molecule has 25 heavy (non-hydrogen) atoms. The third-order valence-corrected chi connectivity index (χ3v) is 4.32. The summed E-state index contributed by atoms with van der Waals surface area (Å²) in [7, 11) is 0. The van der Waals surface area contributed by atoms with E-state index in [1.165, 1.54) is 0 Å². The summed E-state index contributed by atoms with van der Waals surface area (Å²) in [5.74, 6) is -2.46. The Morgan fingerprint density at radius 1 is 1.24 bits per heavy atom. The number of rotatable bonds is 7. The van der Waals surface area contributed by atoms with Crippen molar-refractivity contribution in [2.45, 2.75) is 13.8 Å². The van der Waals surface area contributed by atoms with Gasteiger partial charge in [-0.25, -0.2) is 4.79 Å². The van der Waals surface area contributed by atoms with Crippen molar-refractivity contribution in [3.8, 4) is 0 Å². The number of ether oxygens (including phenoxy) is 1. The number of benzene rings is 1. The highest BCUT2D eigenvalue weighted by atomic mass is 32.1. The van der Waals surface area contributed by atoms with Crippen LogP contribution in [0.1, 0.15) is 32.5 Å². The Labute approximate surface area is 148 Å². The van der Waals surface area contributed by atoms with Gasteiger partial charge in [-0.1, -0.05) is 30.3 Å². The first-order chi connectivity index (χ1) is 11.9. The summed E-state index contributed by atoms with van der Waals surface area (Å²) >= 11 is 1.05. The maximum absolute atomic E-state index is 12.1. The Kier molecular flexibility index (Phi) is 6.08. The highest BCUT2D eigenvalue weighted by Crippen LogP contribution is 2.28. The van der Waals surface area contributed by atoms with E-state index < -0.39 is 17.7 Å². The SMILES string of the molecule is CCOC(=O)c1sc(N/C(=C/C(=O)c2ccccc2)C(=O)[O-])cc1C. The number of anilines is 1. The number of carboxylic acid groups (broad SMARTS) is 1. The minimum absolute atomic E-state index is 0.245. The lowest BCUT2D eigenvalue weighted by atomic mass is 10.1. The van der Waals surface area contributed by atoms with Crippen molar-refractivity contribution in [1.82, 2.24) is 0 Å². The Hall–Kier alpha value is -2.93. The van der Waals surface area contributed by atoms with Gasteiger partial charge >= 0.3 is 5.97 Å². The molecule has 0 atom stereocenters. The molecule has 2 rings (SSSR count). The maximum atomic E-state index is 12.1. The second-order valence-electron chi connectivity index (χ2n) is 5.04. The number of carboxylic acids is 1. The summed E-state index contributed by atoms with van der Waals surface area (Å²) in [5, 5.41) is 14.3. The van der Waals surface area contributed by atoms with Crippen LogP contribution in [0.4, 0.5) is 5.00 Å². The lowest BCUT2D eigenvalue weighted by molar-refractivity contribution is -0.299. The molecule has 0 aliphatic carbocycles. The van der Waals surface area contributed by atoms with E-state index in [9.17, 15) is 19.5 Å². The predicted octanol–water partition coefficient (Wildman–Crippen LogP) is 2.16. The molecule has 1 heterocycles. The van der Waals surface area contributed by atoms with E-state index in [1.54, 1.807) is 50.2 Å². The molecule has 1 N–H and O–H groups in total. The molecule has 1 aromatic carbocycles. The van der Waals surface area contributed by atoms with E-state index in [1.807, 2.05) is 0 Å². The van der Waals surface area contributed by atoms with E-state index in [0.29, 0.717) is 21.0 Å². The van der Waals surface area contributed by atoms with Crippen LogP contribution in [0, 0.1) is 6.92 Å². The Morgan fingerprint density at radius 3 is 2.52 bits per heavy atom. The van der Waals surface area contributed by atoms with Gasteiger partial charge in [0.05, 0.1) is 23.3 Å². The summed E-state index contributed by atoms with van der Waals surface area (Å²) in [6.45, 7) is 3.66. The standard InChI is InChI=1S/C18H17NO5S/c1-3-24-18(23)16-11(2)9-15(25-16)19-13(17(21)22)10-14(20)12-7-5-4-6-8-12/h4-10,19H,3H2,1-2H3,(H,21,22)/p-1/b13-10+. The number of aliphatic carboxylic acids is 1. The molecule has 0 aliphatic rings. The summed E-state index contributed by atoms with van der Waals surface area (Å²) < 4.78 is 4.94. The number of hydrogen-bond donors (Lipinski definition) is 1. The van der Waals surface area contributed by atoms with Crippen LogP contribution < -0.4 is 10.4 Å². The maximum Gasteiger partial charge on any atom is 0.348 e. The molecule has 0 aliphatic heterocycles. The number of allylic oxidation sites excluding steroid dienone is 1. The monoisotopic (exact) mass is 358 g/mol. The van der Waals surface area contributed by atoms with E-state index >= 15 is 0 Å². The van der Waals surface area contributed by atoms with Crippen LogP contribution in [0.15, 0.2) is 48.2 Å².